The van der Waals surface area contributed by atoms with Crippen molar-refractivity contribution in [1.29, 1.82) is 0 Å². The first kappa shape index (κ1) is 20.5. The van der Waals surface area contributed by atoms with Gasteiger partial charge in [-0.25, -0.2) is 4.79 Å². The second-order valence-corrected chi connectivity index (χ2v) is 8.53. The van der Waals surface area contributed by atoms with Gasteiger partial charge in [0.2, 0.25) is 0 Å². The highest BCUT2D eigenvalue weighted by Gasteiger charge is 2.36. The molecule has 0 atom stereocenters. The summed E-state index contributed by atoms with van der Waals surface area (Å²) in [5.41, 5.74) is 2.83. The normalized spacial score (nSPS) is 18.3. The van der Waals surface area contributed by atoms with Crippen LogP contribution in [0, 0.1) is 6.92 Å². The van der Waals surface area contributed by atoms with Crippen molar-refractivity contribution in [3.63, 3.8) is 0 Å². The number of carbonyl (C=O) groups excluding carboxylic acids is 2. The lowest BCUT2D eigenvalue weighted by molar-refractivity contribution is -0.139. The number of benzene rings is 1. The fourth-order valence-electron chi connectivity index (χ4n) is 2.99. The van der Waals surface area contributed by atoms with Crippen molar-refractivity contribution < 1.29 is 19.1 Å². The summed E-state index contributed by atoms with van der Waals surface area (Å²) in [6, 6.07) is 7.80. The van der Waals surface area contributed by atoms with E-state index in [-0.39, 0.29) is 30.2 Å². The summed E-state index contributed by atoms with van der Waals surface area (Å²) in [5, 5.41) is 6.29. The van der Waals surface area contributed by atoms with E-state index in [1.165, 1.54) is 11.8 Å². The highest BCUT2D eigenvalue weighted by atomic mass is 32.2. The molecule has 0 amide bonds. The number of hydrogen-bond donors (Lipinski definition) is 2. The van der Waals surface area contributed by atoms with Crippen molar-refractivity contribution in [2.45, 2.75) is 39.7 Å². The summed E-state index contributed by atoms with van der Waals surface area (Å²) in [6.45, 7) is 8.51. The number of rotatable bonds is 6. The maximum Gasteiger partial charge on any atom is 0.356 e. The topological polar surface area (TPSA) is 76.7 Å². The lowest BCUT2D eigenvalue weighted by Gasteiger charge is -2.36. The number of aryl methyl sites for hydroxylation is 1. The zero-order valence-electron chi connectivity index (χ0n) is 16.7. The van der Waals surface area contributed by atoms with Gasteiger partial charge in [-0.1, -0.05) is 29.5 Å². The molecule has 1 aromatic rings. The Kier molecular flexibility index (Phi) is 6.15. The number of anilines is 1. The van der Waals surface area contributed by atoms with Crippen LogP contribution in [-0.2, 0) is 19.1 Å². The number of ether oxygens (including phenoxy) is 2. The number of hydrogen-bond acceptors (Lipinski definition) is 7. The van der Waals surface area contributed by atoms with Gasteiger partial charge in [0.25, 0.3) is 0 Å². The predicted molar refractivity (Wildman–Crippen MR) is 111 cm³/mol. The van der Waals surface area contributed by atoms with Gasteiger partial charge in [0, 0.05) is 22.7 Å². The van der Waals surface area contributed by atoms with Crippen LogP contribution in [0.5, 0.6) is 0 Å². The minimum atomic E-state index is -0.510. The molecule has 0 fully saturated rings. The van der Waals surface area contributed by atoms with Crippen molar-refractivity contribution in [2.24, 2.45) is 0 Å². The molecule has 0 bridgehead atoms. The summed E-state index contributed by atoms with van der Waals surface area (Å²) in [6.07, 6.45) is 0.640. The molecule has 0 unspecified atom stereocenters. The third-order valence-electron chi connectivity index (χ3n) is 4.50. The monoisotopic (exact) mass is 402 g/mol. The Morgan fingerprint density at radius 2 is 2.00 bits per heavy atom. The van der Waals surface area contributed by atoms with Crippen LogP contribution in [0.4, 0.5) is 5.69 Å². The second kappa shape index (κ2) is 8.41. The molecule has 6 nitrogen and oxygen atoms in total. The van der Waals surface area contributed by atoms with Crippen LogP contribution < -0.4 is 10.6 Å². The van der Waals surface area contributed by atoms with E-state index < -0.39 is 5.97 Å². The lowest BCUT2D eigenvalue weighted by atomic mass is 9.99. The van der Waals surface area contributed by atoms with Crippen molar-refractivity contribution >= 4 is 29.2 Å². The average molecular weight is 403 g/mol. The molecule has 0 radical (unpaired) electrons. The third kappa shape index (κ3) is 4.77. The number of thioether (sulfide) groups is 1. The first-order valence-electron chi connectivity index (χ1n) is 9.35. The van der Waals surface area contributed by atoms with Gasteiger partial charge in [-0.2, -0.15) is 0 Å². The number of ketones is 1. The first-order chi connectivity index (χ1) is 13.3. The van der Waals surface area contributed by atoms with Crippen LogP contribution in [0.1, 0.15) is 32.8 Å². The summed E-state index contributed by atoms with van der Waals surface area (Å²) in [5.74, 6) is -0.679. The van der Waals surface area contributed by atoms with Crippen molar-refractivity contribution in [3.05, 3.63) is 51.0 Å². The van der Waals surface area contributed by atoms with Crippen LogP contribution in [0.15, 0.2) is 45.5 Å². The molecule has 2 aliphatic rings. The molecular formula is C21H26N2O4S. The largest absolute Gasteiger partial charge is 0.461 e. The number of Topliss-reactive ketones (excluding diaryl/α,β-unsaturated/α-hetero) is 1. The average Bonchev–Trinajstić information content (AvgIpc) is 2.65. The molecule has 1 aromatic carbocycles. The quantitative estimate of drug-likeness (QED) is 0.705. The molecule has 2 N–H and O–H groups in total. The van der Waals surface area contributed by atoms with E-state index in [1.807, 2.05) is 45.0 Å². The Morgan fingerprint density at radius 1 is 1.29 bits per heavy atom. The molecule has 2 heterocycles. The second-order valence-electron chi connectivity index (χ2n) is 7.42. The highest BCUT2D eigenvalue weighted by Crippen LogP contribution is 2.41. The van der Waals surface area contributed by atoms with Crippen LogP contribution in [0.25, 0.3) is 0 Å². The van der Waals surface area contributed by atoms with Gasteiger partial charge in [-0.05, 0) is 39.8 Å². The Bertz CT molecular complexity index is 840. The van der Waals surface area contributed by atoms with E-state index in [4.69, 9.17) is 9.47 Å². The Morgan fingerprint density at radius 3 is 2.68 bits per heavy atom. The molecule has 150 valence electrons. The van der Waals surface area contributed by atoms with Crippen molar-refractivity contribution in [3.8, 4) is 0 Å². The summed E-state index contributed by atoms with van der Waals surface area (Å²) in [4.78, 5) is 26.7. The third-order valence-corrected chi connectivity index (χ3v) is 5.75. The smallest absolute Gasteiger partial charge is 0.356 e. The molecule has 2 aliphatic heterocycles. The Balaban J connectivity index is 1.79. The zero-order valence-corrected chi connectivity index (χ0v) is 17.5. The maximum atomic E-state index is 12.9. The number of esters is 1. The fraction of sp³-hybridized carbons (Fsp3) is 0.429. The molecule has 3 rings (SSSR count). The van der Waals surface area contributed by atoms with E-state index in [2.05, 4.69) is 10.6 Å². The standard InChI is InChI=1S/C21H26N2O4S/c1-5-26-20(25)18-19(16(24)11-22-14-8-6-13(2)7-9-14)28-17-12-27-21(3,4)10-15(17)23-18/h6-9,22-23H,5,10-12H2,1-4H3. The fourth-order valence-corrected chi connectivity index (χ4v) is 4.02. The van der Waals surface area contributed by atoms with Crippen LogP contribution in [-0.4, -0.2) is 37.1 Å². The van der Waals surface area contributed by atoms with E-state index in [1.54, 1.807) is 6.92 Å². The lowest BCUT2D eigenvalue weighted by Crippen LogP contribution is -2.38. The first-order valence-corrected chi connectivity index (χ1v) is 10.2. The SMILES string of the molecule is CCOC(=O)C1=C(C(=O)CNc2ccc(C)cc2)SC2=C(CC(C)(C)OC2)N1. The van der Waals surface area contributed by atoms with Crippen molar-refractivity contribution in [1.82, 2.24) is 5.32 Å². The van der Waals surface area contributed by atoms with E-state index in [0.717, 1.165) is 21.9 Å². The minimum Gasteiger partial charge on any atom is -0.461 e. The van der Waals surface area contributed by atoms with E-state index >= 15 is 0 Å². The van der Waals surface area contributed by atoms with E-state index in [9.17, 15) is 9.59 Å². The molecule has 0 saturated carbocycles. The molecular weight excluding hydrogens is 376 g/mol. The highest BCUT2D eigenvalue weighted by molar-refractivity contribution is 8.07. The van der Waals surface area contributed by atoms with Gasteiger partial charge >= 0.3 is 5.97 Å². The minimum absolute atomic E-state index is 0.0882. The van der Waals surface area contributed by atoms with Gasteiger partial charge in [-0.3, -0.25) is 4.79 Å². The van der Waals surface area contributed by atoms with Gasteiger partial charge in [0.1, 0.15) is 5.70 Å². The summed E-state index contributed by atoms with van der Waals surface area (Å²) in [7, 11) is 0. The number of carbonyl (C=O) groups is 2. The molecule has 0 aliphatic carbocycles. The Hall–Kier alpha value is -2.25. The van der Waals surface area contributed by atoms with Crippen LogP contribution in [0.3, 0.4) is 0 Å². The molecule has 0 spiro atoms. The molecule has 7 heteroatoms. The number of nitrogens with one attached hydrogen (secondary N) is 2. The molecule has 0 aromatic heterocycles. The van der Waals surface area contributed by atoms with E-state index in [0.29, 0.717) is 17.9 Å². The molecule has 28 heavy (non-hydrogen) atoms. The van der Waals surface area contributed by atoms with Crippen molar-refractivity contribution in [2.75, 3.05) is 25.1 Å². The maximum absolute atomic E-state index is 12.9. The molecule has 0 saturated heterocycles. The van der Waals surface area contributed by atoms with Gasteiger partial charge in [0.05, 0.1) is 30.3 Å². The van der Waals surface area contributed by atoms with Gasteiger partial charge in [0.15, 0.2) is 5.78 Å². The van der Waals surface area contributed by atoms with Gasteiger partial charge in [-0.15, -0.1) is 0 Å². The van der Waals surface area contributed by atoms with Crippen LogP contribution >= 0.6 is 11.8 Å². The summed E-state index contributed by atoms with van der Waals surface area (Å²) < 4.78 is 11.0. The zero-order chi connectivity index (χ0) is 20.3. The summed E-state index contributed by atoms with van der Waals surface area (Å²) >= 11 is 1.31. The predicted octanol–water partition coefficient (Wildman–Crippen LogP) is 3.50. The Labute approximate surface area is 169 Å². The van der Waals surface area contributed by atoms with Crippen LogP contribution in [0.2, 0.25) is 0 Å². The van der Waals surface area contributed by atoms with Gasteiger partial charge < -0.3 is 20.1 Å².